The molecule has 1 atom stereocenters. The van der Waals surface area contributed by atoms with Crippen molar-refractivity contribution in [3.05, 3.63) is 29.8 Å². The highest BCUT2D eigenvalue weighted by Crippen LogP contribution is 2.22. The lowest BCUT2D eigenvalue weighted by atomic mass is 10.1. The van der Waals surface area contributed by atoms with E-state index in [-0.39, 0.29) is 19.1 Å². The number of methoxy groups -OCH3 is 1. The van der Waals surface area contributed by atoms with E-state index >= 15 is 0 Å². The van der Waals surface area contributed by atoms with Gasteiger partial charge >= 0.3 is 12.1 Å². The van der Waals surface area contributed by atoms with Crippen LogP contribution >= 0.6 is 0 Å². The molecule has 6 heteroatoms. The highest BCUT2D eigenvalue weighted by atomic mass is 16.6. The van der Waals surface area contributed by atoms with E-state index in [0.717, 1.165) is 0 Å². The van der Waals surface area contributed by atoms with Gasteiger partial charge in [0, 0.05) is 18.2 Å². The van der Waals surface area contributed by atoms with E-state index in [9.17, 15) is 9.59 Å². The number of amides is 1. The van der Waals surface area contributed by atoms with Gasteiger partial charge in [0.1, 0.15) is 0 Å². The van der Waals surface area contributed by atoms with Crippen LogP contribution in [0.4, 0.5) is 10.5 Å². The van der Waals surface area contributed by atoms with Gasteiger partial charge in [-0.15, -0.1) is 0 Å². The lowest BCUT2D eigenvalue weighted by Gasteiger charge is -2.31. The molecule has 1 saturated heterocycles. The van der Waals surface area contributed by atoms with Crippen LogP contribution in [0.2, 0.25) is 0 Å². The molecule has 0 spiro atoms. The van der Waals surface area contributed by atoms with Gasteiger partial charge in [0.05, 0.1) is 25.9 Å². The quantitative estimate of drug-likeness (QED) is 0.826. The number of benzene rings is 1. The Labute approximate surface area is 110 Å². The fraction of sp³-hybridized carbons (Fsp3) is 0.385. The number of esters is 1. The highest BCUT2D eigenvalue weighted by Gasteiger charge is 2.28. The smallest absolute Gasteiger partial charge is 0.414 e. The summed E-state index contributed by atoms with van der Waals surface area (Å²) in [5, 5.41) is 9.13. The average molecular weight is 265 g/mol. The van der Waals surface area contributed by atoms with Crippen molar-refractivity contribution in [3.8, 4) is 0 Å². The van der Waals surface area contributed by atoms with E-state index < -0.39 is 12.1 Å². The molecule has 102 valence electrons. The molecule has 1 fully saturated rings. The second-order valence-electron chi connectivity index (χ2n) is 4.28. The van der Waals surface area contributed by atoms with Crippen LogP contribution in [0.5, 0.6) is 0 Å². The number of ether oxygens (including phenoxy) is 2. The maximum Gasteiger partial charge on any atom is 0.414 e. The van der Waals surface area contributed by atoms with Crippen molar-refractivity contribution in [2.75, 3.05) is 31.8 Å². The fourth-order valence-electron chi connectivity index (χ4n) is 1.89. The lowest BCUT2D eigenvalue weighted by Crippen LogP contribution is -2.44. The molecule has 1 heterocycles. The first-order chi connectivity index (χ1) is 9.15. The molecule has 1 N–H and O–H groups in total. The summed E-state index contributed by atoms with van der Waals surface area (Å²) in [5.74, 6) is -0.592. The maximum atomic E-state index is 11.7. The first-order valence-electron chi connectivity index (χ1n) is 5.89. The Bertz CT molecular complexity index is 488. The molecular weight excluding hydrogens is 250 g/mol. The van der Waals surface area contributed by atoms with Crippen molar-refractivity contribution in [2.24, 2.45) is 5.92 Å². The minimum absolute atomic E-state index is 0.0551. The van der Waals surface area contributed by atoms with E-state index in [0.29, 0.717) is 17.8 Å². The number of nitrogens with zero attached hydrogens (tertiary/aromatic N) is 1. The molecule has 1 aromatic rings. The molecule has 19 heavy (non-hydrogen) atoms. The zero-order chi connectivity index (χ0) is 13.8. The Kier molecular flexibility index (Phi) is 4.01. The van der Waals surface area contributed by atoms with Crippen molar-refractivity contribution in [3.63, 3.8) is 0 Å². The van der Waals surface area contributed by atoms with Gasteiger partial charge in [0.15, 0.2) is 0 Å². The van der Waals surface area contributed by atoms with Gasteiger partial charge in [-0.3, -0.25) is 4.90 Å². The van der Waals surface area contributed by atoms with Gasteiger partial charge in [-0.25, -0.2) is 9.59 Å². The van der Waals surface area contributed by atoms with Crippen LogP contribution in [0.1, 0.15) is 10.4 Å². The lowest BCUT2D eigenvalue weighted by molar-refractivity contribution is 0.0600. The van der Waals surface area contributed by atoms with Crippen molar-refractivity contribution in [1.29, 1.82) is 0 Å². The predicted octanol–water partition coefficient (Wildman–Crippen LogP) is 1.04. The third-order valence-electron chi connectivity index (χ3n) is 2.94. The summed E-state index contributed by atoms with van der Waals surface area (Å²) in [5.41, 5.74) is 0.907. The number of anilines is 1. The number of rotatable bonds is 3. The molecular formula is C13H15NO5. The third-order valence-corrected chi connectivity index (χ3v) is 2.94. The molecule has 0 saturated carbocycles. The van der Waals surface area contributed by atoms with E-state index in [4.69, 9.17) is 9.84 Å². The molecule has 2 rings (SSSR count). The van der Waals surface area contributed by atoms with E-state index in [1.165, 1.54) is 12.0 Å². The average Bonchev–Trinajstić information content (AvgIpc) is 2.47. The molecule has 1 aromatic carbocycles. The normalized spacial score (nSPS) is 18.9. The van der Waals surface area contributed by atoms with Crippen molar-refractivity contribution < 1.29 is 24.2 Å². The van der Waals surface area contributed by atoms with E-state index in [2.05, 4.69) is 4.74 Å². The van der Waals surface area contributed by atoms with Gasteiger partial charge in [0.25, 0.3) is 0 Å². The summed E-state index contributed by atoms with van der Waals surface area (Å²) < 4.78 is 9.62. The molecule has 0 radical (unpaired) electrons. The van der Waals surface area contributed by atoms with E-state index in [1.807, 2.05) is 0 Å². The van der Waals surface area contributed by atoms with Gasteiger partial charge in [0.2, 0.25) is 0 Å². The molecule has 1 amide bonds. The van der Waals surface area contributed by atoms with Gasteiger partial charge in [-0.2, -0.15) is 0 Å². The van der Waals surface area contributed by atoms with Crippen molar-refractivity contribution in [1.82, 2.24) is 0 Å². The maximum absolute atomic E-state index is 11.7. The first-order valence-corrected chi connectivity index (χ1v) is 5.89. The number of cyclic esters (lactones) is 1. The van der Waals surface area contributed by atoms with Crippen molar-refractivity contribution in [2.45, 2.75) is 0 Å². The Morgan fingerprint density at radius 1 is 1.58 bits per heavy atom. The fourth-order valence-corrected chi connectivity index (χ4v) is 1.89. The summed E-state index contributed by atoms with van der Waals surface area (Å²) in [7, 11) is 1.30. The van der Waals surface area contributed by atoms with Gasteiger partial charge in [-0.05, 0) is 18.2 Å². The number of carbonyl (C=O) groups is 2. The molecule has 0 bridgehead atoms. The third kappa shape index (κ3) is 2.85. The van der Waals surface area contributed by atoms with Crippen molar-refractivity contribution >= 4 is 17.7 Å². The van der Waals surface area contributed by atoms with Crippen LogP contribution in [0.15, 0.2) is 24.3 Å². The zero-order valence-corrected chi connectivity index (χ0v) is 10.5. The minimum atomic E-state index is -0.480. The first kappa shape index (κ1) is 13.4. The van der Waals surface area contributed by atoms with Crippen LogP contribution in [0.3, 0.4) is 0 Å². The zero-order valence-electron chi connectivity index (χ0n) is 10.5. The summed E-state index contributed by atoms with van der Waals surface area (Å²) in [4.78, 5) is 24.6. The number of carbonyl (C=O) groups excluding carboxylic acids is 2. The topological polar surface area (TPSA) is 76.1 Å². The predicted molar refractivity (Wildman–Crippen MR) is 67.1 cm³/mol. The molecule has 0 aromatic heterocycles. The Balaban J connectivity index is 2.24. The molecule has 1 aliphatic rings. The SMILES string of the molecule is COC(=O)c1cccc(N2CC(CO)COC2=O)c1. The van der Waals surface area contributed by atoms with Crippen LogP contribution in [-0.4, -0.2) is 44.0 Å². The Hall–Kier alpha value is -2.08. The van der Waals surface area contributed by atoms with Crippen LogP contribution in [0.25, 0.3) is 0 Å². The summed E-state index contributed by atoms with van der Waals surface area (Å²) in [6, 6.07) is 6.53. The second kappa shape index (κ2) is 5.71. The number of aliphatic hydroxyl groups is 1. The minimum Gasteiger partial charge on any atom is -0.465 e. The van der Waals surface area contributed by atoms with Gasteiger partial charge in [-0.1, -0.05) is 6.07 Å². The van der Waals surface area contributed by atoms with Crippen LogP contribution in [-0.2, 0) is 9.47 Å². The number of hydrogen-bond acceptors (Lipinski definition) is 5. The summed E-state index contributed by atoms with van der Waals surface area (Å²) >= 11 is 0. The Morgan fingerprint density at radius 3 is 3.05 bits per heavy atom. The van der Waals surface area contributed by atoms with Crippen LogP contribution < -0.4 is 4.90 Å². The molecule has 6 nitrogen and oxygen atoms in total. The molecule has 1 aliphatic heterocycles. The standard InChI is InChI=1S/C13H15NO5/c1-18-12(16)10-3-2-4-11(5-10)14-6-9(7-15)8-19-13(14)17/h2-5,9,15H,6-8H2,1H3. The summed E-state index contributed by atoms with van der Waals surface area (Å²) in [6.07, 6.45) is -0.480. The highest BCUT2D eigenvalue weighted by molar-refractivity contribution is 5.93. The molecule has 0 aliphatic carbocycles. The van der Waals surface area contributed by atoms with Crippen LogP contribution in [0, 0.1) is 5.92 Å². The van der Waals surface area contributed by atoms with Gasteiger partial charge < -0.3 is 14.6 Å². The Morgan fingerprint density at radius 2 is 2.37 bits per heavy atom. The van der Waals surface area contributed by atoms with E-state index in [1.54, 1.807) is 24.3 Å². The number of hydrogen-bond donors (Lipinski definition) is 1. The largest absolute Gasteiger partial charge is 0.465 e. The monoisotopic (exact) mass is 265 g/mol. The molecule has 1 unspecified atom stereocenters. The number of aliphatic hydroxyl groups excluding tert-OH is 1. The summed E-state index contributed by atoms with van der Waals surface area (Å²) in [6.45, 7) is 0.517. The second-order valence-corrected chi connectivity index (χ2v) is 4.28.